The number of hydrogen-bond donors (Lipinski definition) is 0. The summed E-state index contributed by atoms with van der Waals surface area (Å²) in [5, 5.41) is 0.774. The molecule has 5 rings (SSSR count). The number of ketones is 1. The lowest BCUT2D eigenvalue weighted by Gasteiger charge is -2.29. The number of halogens is 1. The quantitative estimate of drug-likeness (QED) is 0.489. The third-order valence-corrected chi connectivity index (χ3v) is 8.12. The summed E-state index contributed by atoms with van der Waals surface area (Å²) in [6.07, 6.45) is 2.92. The maximum Gasteiger partial charge on any atom is 0.169 e. The van der Waals surface area contributed by atoms with Crippen molar-refractivity contribution in [2.45, 2.75) is 79.4 Å². The highest BCUT2D eigenvalue weighted by molar-refractivity contribution is 6.30. The summed E-state index contributed by atoms with van der Waals surface area (Å²) in [5.74, 6) is 0.825. The van der Waals surface area contributed by atoms with Gasteiger partial charge >= 0.3 is 0 Å². The van der Waals surface area contributed by atoms with Crippen LogP contribution in [0.1, 0.15) is 73.9 Å². The Balaban J connectivity index is 0.00000245. The number of rotatable bonds is 4. The van der Waals surface area contributed by atoms with Crippen LogP contribution in [0, 0.1) is 25.7 Å². The molecule has 2 fully saturated rings. The molecule has 2 bridgehead atoms. The smallest absolute Gasteiger partial charge is 0.169 e. The van der Waals surface area contributed by atoms with Gasteiger partial charge in [0.25, 0.3) is 0 Å². The van der Waals surface area contributed by atoms with Crippen LogP contribution in [-0.2, 0) is 22.4 Å². The van der Waals surface area contributed by atoms with Gasteiger partial charge in [0.1, 0.15) is 0 Å². The van der Waals surface area contributed by atoms with E-state index in [2.05, 4.69) is 52.8 Å². The SMILES string of the molecule is C.CCc1cc(C)cc(CC)c1C1=C(C)[C@@H]2C3OC(CC3c3ccc(Cl)cc3C)[C@@H]2C1=O. The van der Waals surface area contributed by atoms with Crippen molar-refractivity contribution >= 4 is 23.0 Å². The van der Waals surface area contributed by atoms with Crippen LogP contribution in [0.2, 0.25) is 5.02 Å². The third-order valence-electron chi connectivity index (χ3n) is 7.89. The molecule has 3 heteroatoms. The number of aryl methyl sites for hydroxylation is 4. The number of fused-ring (bicyclic) bond motifs is 5. The summed E-state index contributed by atoms with van der Waals surface area (Å²) in [4.78, 5) is 13.8. The van der Waals surface area contributed by atoms with E-state index < -0.39 is 0 Å². The molecule has 2 aliphatic heterocycles. The second kappa shape index (κ2) is 8.47. The normalized spacial score (nSPS) is 28.3. The molecular weight excluding hydrogens is 416 g/mol. The number of carbonyl (C=O) groups is 1. The average Bonchev–Trinajstić information content (AvgIpc) is 3.39. The van der Waals surface area contributed by atoms with Crippen LogP contribution in [0.4, 0.5) is 0 Å². The summed E-state index contributed by atoms with van der Waals surface area (Å²) in [6, 6.07) is 10.7. The number of carbonyl (C=O) groups excluding carboxylic acids is 1. The van der Waals surface area contributed by atoms with Crippen LogP contribution < -0.4 is 0 Å². The van der Waals surface area contributed by atoms with Crippen LogP contribution in [0.3, 0.4) is 0 Å². The lowest BCUT2D eigenvalue weighted by atomic mass is 9.71. The molecule has 2 heterocycles. The zero-order valence-corrected chi connectivity index (χ0v) is 19.8. The second-order valence-corrected chi connectivity index (χ2v) is 10.1. The van der Waals surface area contributed by atoms with Crippen LogP contribution in [-0.4, -0.2) is 18.0 Å². The molecule has 0 aromatic heterocycles. The first kappa shape index (κ1) is 23.3. The molecule has 170 valence electrons. The Morgan fingerprint density at radius 1 is 1.00 bits per heavy atom. The summed E-state index contributed by atoms with van der Waals surface area (Å²) in [6.45, 7) is 10.9. The predicted octanol–water partition coefficient (Wildman–Crippen LogP) is 7.26. The van der Waals surface area contributed by atoms with E-state index in [9.17, 15) is 4.79 Å². The lowest BCUT2D eigenvalue weighted by Crippen LogP contribution is -2.33. The molecule has 0 radical (unpaired) electrons. The van der Waals surface area contributed by atoms with Crippen LogP contribution in [0.15, 0.2) is 35.9 Å². The van der Waals surface area contributed by atoms with Gasteiger partial charge in [0.2, 0.25) is 0 Å². The van der Waals surface area contributed by atoms with E-state index in [-0.39, 0.29) is 31.5 Å². The molecule has 32 heavy (non-hydrogen) atoms. The summed E-state index contributed by atoms with van der Waals surface area (Å²) >= 11 is 6.21. The molecule has 0 saturated carbocycles. The molecular formula is C29H35ClO2. The van der Waals surface area contributed by atoms with E-state index >= 15 is 0 Å². The highest BCUT2D eigenvalue weighted by Crippen LogP contribution is 2.59. The molecule has 2 aromatic rings. The van der Waals surface area contributed by atoms with Gasteiger partial charge in [-0.05, 0) is 80.0 Å². The fourth-order valence-electron chi connectivity index (χ4n) is 6.61. The van der Waals surface area contributed by atoms with Gasteiger partial charge in [0.15, 0.2) is 5.78 Å². The molecule has 3 unspecified atom stereocenters. The van der Waals surface area contributed by atoms with Crippen molar-refractivity contribution in [1.29, 1.82) is 0 Å². The number of allylic oxidation sites excluding steroid dienone is 1. The first-order valence-corrected chi connectivity index (χ1v) is 12.0. The standard InChI is InChI=1S/C28H31ClO2.CH4/c1-6-17-10-14(3)11-18(7-2)25(17)23-16(5)24-26(27(23)30)22-13-21(28(24)31-22)20-9-8-19(29)12-15(20)4;/h8-12,21-22,24,26,28H,6-7,13H2,1-5H3;1H4/t21?,22?,24-,26-,28?;/m0./s1. The van der Waals surface area contributed by atoms with E-state index in [1.54, 1.807) is 0 Å². The van der Waals surface area contributed by atoms with E-state index in [1.807, 2.05) is 12.1 Å². The van der Waals surface area contributed by atoms with E-state index in [0.29, 0.717) is 11.7 Å². The largest absolute Gasteiger partial charge is 0.373 e. The first-order chi connectivity index (χ1) is 14.8. The fourth-order valence-corrected chi connectivity index (χ4v) is 6.84. The van der Waals surface area contributed by atoms with Gasteiger partial charge in [-0.1, -0.05) is 62.2 Å². The van der Waals surface area contributed by atoms with Crippen molar-refractivity contribution in [3.05, 3.63) is 74.3 Å². The van der Waals surface area contributed by atoms with E-state index in [0.717, 1.165) is 29.9 Å². The van der Waals surface area contributed by atoms with Crippen molar-refractivity contribution in [2.75, 3.05) is 0 Å². The zero-order chi connectivity index (χ0) is 22.0. The van der Waals surface area contributed by atoms with Gasteiger partial charge in [-0.2, -0.15) is 0 Å². The van der Waals surface area contributed by atoms with Crippen molar-refractivity contribution in [1.82, 2.24) is 0 Å². The van der Waals surface area contributed by atoms with Crippen LogP contribution in [0.5, 0.6) is 0 Å². The molecule has 2 saturated heterocycles. The average molecular weight is 451 g/mol. The number of Topliss-reactive ketones (excluding diaryl/α,β-unsaturated/α-hetero) is 1. The molecule has 1 aliphatic carbocycles. The van der Waals surface area contributed by atoms with Crippen LogP contribution >= 0.6 is 11.6 Å². The Hall–Kier alpha value is -1.90. The highest BCUT2D eigenvalue weighted by atomic mass is 35.5. The predicted molar refractivity (Wildman–Crippen MR) is 133 cm³/mol. The lowest BCUT2D eigenvalue weighted by molar-refractivity contribution is -0.118. The second-order valence-electron chi connectivity index (χ2n) is 9.62. The monoisotopic (exact) mass is 450 g/mol. The minimum Gasteiger partial charge on any atom is -0.373 e. The highest BCUT2D eigenvalue weighted by Gasteiger charge is 2.61. The Morgan fingerprint density at radius 2 is 1.66 bits per heavy atom. The minimum atomic E-state index is -0.0143. The number of benzene rings is 2. The molecule has 2 aromatic carbocycles. The minimum absolute atomic E-state index is 0. The molecule has 2 nitrogen and oxygen atoms in total. The summed E-state index contributed by atoms with van der Waals surface area (Å²) in [7, 11) is 0. The Kier molecular flexibility index (Phi) is 6.15. The number of hydrogen-bond acceptors (Lipinski definition) is 2. The molecule has 0 spiro atoms. The van der Waals surface area contributed by atoms with Gasteiger partial charge in [-0.15, -0.1) is 0 Å². The van der Waals surface area contributed by atoms with Crippen LogP contribution in [0.25, 0.3) is 5.57 Å². The van der Waals surface area contributed by atoms with Gasteiger partial charge in [0.05, 0.1) is 18.1 Å². The van der Waals surface area contributed by atoms with Gasteiger partial charge in [-0.3, -0.25) is 4.79 Å². The van der Waals surface area contributed by atoms with Crippen molar-refractivity contribution in [3.8, 4) is 0 Å². The Labute approximate surface area is 198 Å². The topological polar surface area (TPSA) is 26.3 Å². The Morgan fingerprint density at radius 3 is 2.25 bits per heavy atom. The summed E-state index contributed by atoms with van der Waals surface area (Å²) < 4.78 is 6.46. The van der Waals surface area contributed by atoms with Gasteiger partial charge < -0.3 is 4.74 Å². The Bertz CT molecular complexity index is 1090. The molecule has 3 aliphatic rings. The van der Waals surface area contributed by atoms with Gasteiger partial charge in [-0.25, -0.2) is 0 Å². The molecule has 0 N–H and O–H groups in total. The number of ether oxygens (including phenoxy) is 1. The maximum atomic E-state index is 13.8. The zero-order valence-electron chi connectivity index (χ0n) is 19.1. The molecule has 5 atom stereocenters. The first-order valence-electron chi connectivity index (χ1n) is 11.6. The van der Waals surface area contributed by atoms with Gasteiger partial charge in [0, 0.05) is 22.4 Å². The molecule has 0 amide bonds. The van der Waals surface area contributed by atoms with E-state index in [4.69, 9.17) is 16.3 Å². The summed E-state index contributed by atoms with van der Waals surface area (Å²) in [5.41, 5.74) is 9.88. The third kappa shape index (κ3) is 3.30. The van der Waals surface area contributed by atoms with Crippen molar-refractivity contribution in [3.63, 3.8) is 0 Å². The van der Waals surface area contributed by atoms with E-state index in [1.165, 1.54) is 39.0 Å². The van der Waals surface area contributed by atoms with Crippen molar-refractivity contribution in [2.24, 2.45) is 11.8 Å². The fraction of sp³-hybridized carbons (Fsp3) is 0.483. The van der Waals surface area contributed by atoms with Crippen molar-refractivity contribution < 1.29 is 9.53 Å². The maximum absolute atomic E-state index is 13.8.